The molecule has 0 unspecified atom stereocenters. The molecule has 0 saturated heterocycles. The Labute approximate surface area is 83.5 Å². The first-order valence-electron chi connectivity index (χ1n) is 4.17. The maximum Gasteiger partial charge on any atom is 0.159 e. The van der Waals surface area contributed by atoms with E-state index >= 15 is 0 Å². The molecule has 0 bridgehead atoms. The van der Waals surface area contributed by atoms with E-state index in [9.17, 15) is 4.79 Å². The lowest BCUT2D eigenvalue weighted by Gasteiger charge is -2.08. The number of rotatable bonds is 4. The maximum absolute atomic E-state index is 11.1. The van der Waals surface area contributed by atoms with Gasteiger partial charge in [0.2, 0.25) is 0 Å². The number of ketones is 1. The van der Waals surface area contributed by atoms with Crippen molar-refractivity contribution in [1.82, 2.24) is 0 Å². The molecule has 0 fully saturated rings. The van der Waals surface area contributed by atoms with Gasteiger partial charge in [0.05, 0.1) is 11.8 Å². The van der Waals surface area contributed by atoms with Crippen molar-refractivity contribution in [2.24, 2.45) is 5.73 Å². The molecule has 0 aliphatic carbocycles. The molecule has 2 N–H and O–H groups in total. The normalized spacial score (nSPS) is 12.5. The Morgan fingerprint density at radius 1 is 1.38 bits per heavy atom. The first-order valence-corrected chi connectivity index (χ1v) is 4.80. The number of hydrogen-bond acceptors (Lipinski definition) is 3. The highest BCUT2D eigenvalue weighted by Crippen LogP contribution is 2.02. The Hall–Kier alpha value is -0.800. The van der Waals surface area contributed by atoms with Gasteiger partial charge in [-0.25, -0.2) is 0 Å². The fraction of sp³-hybridized carbons (Fsp3) is 0.300. The molecular formula is C10H13NOS. The summed E-state index contributed by atoms with van der Waals surface area (Å²) in [4.78, 5) is 11.1. The van der Waals surface area contributed by atoms with Crippen molar-refractivity contribution in [2.75, 3.05) is 5.75 Å². The minimum Gasteiger partial charge on any atom is -0.321 e. The Morgan fingerprint density at radius 3 is 2.54 bits per heavy atom. The van der Waals surface area contributed by atoms with Gasteiger partial charge in [0, 0.05) is 0 Å². The van der Waals surface area contributed by atoms with Crippen molar-refractivity contribution in [3.63, 3.8) is 0 Å². The van der Waals surface area contributed by atoms with Gasteiger partial charge in [0.15, 0.2) is 5.78 Å². The van der Waals surface area contributed by atoms with Crippen LogP contribution < -0.4 is 5.73 Å². The lowest BCUT2D eigenvalue weighted by Crippen LogP contribution is -2.33. The summed E-state index contributed by atoms with van der Waals surface area (Å²) in [6.07, 6.45) is 0.597. The third-order valence-electron chi connectivity index (χ3n) is 1.87. The zero-order valence-electron chi connectivity index (χ0n) is 7.31. The predicted molar refractivity (Wildman–Crippen MR) is 57.0 cm³/mol. The Morgan fingerprint density at radius 2 is 2.00 bits per heavy atom. The van der Waals surface area contributed by atoms with Crippen LogP contribution in [0.5, 0.6) is 0 Å². The molecule has 3 heteroatoms. The predicted octanol–water partition coefficient (Wildman–Crippen LogP) is 1.06. The van der Waals surface area contributed by atoms with Gasteiger partial charge in [-0.2, -0.15) is 12.6 Å². The summed E-state index contributed by atoms with van der Waals surface area (Å²) in [6, 6.07) is 9.33. The molecule has 0 saturated carbocycles. The van der Waals surface area contributed by atoms with E-state index < -0.39 is 6.04 Å². The summed E-state index contributed by atoms with van der Waals surface area (Å²) in [6.45, 7) is 0. The van der Waals surface area contributed by atoms with Crippen molar-refractivity contribution < 1.29 is 4.79 Å². The average Bonchev–Trinajstić information content (AvgIpc) is 2.18. The van der Waals surface area contributed by atoms with E-state index in [1.165, 1.54) is 0 Å². The molecule has 0 aliphatic rings. The van der Waals surface area contributed by atoms with Gasteiger partial charge in [-0.05, 0) is 12.0 Å². The second-order valence-electron chi connectivity index (χ2n) is 2.92. The van der Waals surface area contributed by atoms with E-state index in [2.05, 4.69) is 12.6 Å². The molecule has 1 aromatic carbocycles. The molecule has 0 spiro atoms. The van der Waals surface area contributed by atoms with E-state index in [0.29, 0.717) is 6.42 Å². The van der Waals surface area contributed by atoms with Crippen LogP contribution in [0.2, 0.25) is 0 Å². The molecule has 0 aliphatic heterocycles. The van der Waals surface area contributed by atoms with Crippen LogP contribution in [0.3, 0.4) is 0 Å². The van der Waals surface area contributed by atoms with Crippen LogP contribution in [-0.2, 0) is 11.2 Å². The second-order valence-corrected chi connectivity index (χ2v) is 3.24. The van der Waals surface area contributed by atoms with Gasteiger partial charge in [-0.15, -0.1) is 0 Å². The van der Waals surface area contributed by atoms with Crippen LogP contribution in [0.4, 0.5) is 0 Å². The minimum absolute atomic E-state index is 0.00723. The van der Waals surface area contributed by atoms with Crippen molar-refractivity contribution in [3.8, 4) is 0 Å². The van der Waals surface area contributed by atoms with Crippen molar-refractivity contribution in [2.45, 2.75) is 12.5 Å². The molecular weight excluding hydrogens is 182 g/mol. The quantitative estimate of drug-likeness (QED) is 0.705. The van der Waals surface area contributed by atoms with E-state index in [1.807, 2.05) is 30.3 Å². The van der Waals surface area contributed by atoms with Gasteiger partial charge in [-0.3, -0.25) is 4.79 Å². The van der Waals surface area contributed by atoms with Crippen LogP contribution >= 0.6 is 12.6 Å². The smallest absolute Gasteiger partial charge is 0.159 e. The van der Waals surface area contributed by atoms with Gasteiger partial charge in [-0.1, -0.05) is 30.3 Å². The fourth-order valence-electron chi connectivity index (χ4n) is 1.10. The SMILES string of the molecule is N[C@@H](Cc1ccccc1)C(=O)CS. The molecule has 0 amide bonds. The van der Waals surface area contributed by atoms with Crippen molar-refractivity contribution in [3.05, 3.63) is 35.9 Å². The summed E-state index contributed by atoms with van der Waals surface area (Å²) in [5, 5.41) is 0. The second kappa shape index (κ2) is 5.04. The van der Waals surface area contributed by atoms with Gasteiger partial charge < -0.3 is 5.73 Å². The monoisotopic (exact) mass is 195 g/mol. The lowest BCUT2D eigenvalue weighted by atomic mass is 10.0. The lowest BCUT2D eigenvalue weighted by molar-refractivity contribution is -0.117. The largest absolute Gasteiger partial charge is 0.321 e. The molecule has 70 valence electrons. The number of benzene rings is 1. The van der Waals surface area contributed by atoms with Crippen LogP contribution in [0.25, 0.3) is 0 Å². The van der Waals surface area contributed by atoms with Crippen LogP contribution in [-0.4, -0.2) is 17.6 Å². The maximum atomic E-state index is 11.1. The van der Waals surface area contributed by atoms with Crippen LogP contribution in [0.1, 0.15) is 5.56 Å². The number of thiol groups is 1. The van der Waals surface area contributed by atoms with E-state index in [-0.39, 0.29) is 11.5 Å². The number of Topliss-reactive ketones (excluding diaryl/α,β-unsaturated/α-hetero) is 1. The third kappa shape index (κ3) is 3.20. The minimum atomic E-state index is -0.417. The number of nitrogens with two attached hydrogens (primary N) is 1. The summed E-state index contributed by atoms with van der Waals surface area (Å²) >= 11 is 3.89. The van der Waals surface area contributed by atoms with Gasteiger partial charge >= 0.3 is 0 Å². The standard InChI is InChI=1S/C10H13NOS/c11-9(10(12)7-13)6-8-4-2-1-3-5-8/h1-5,9,13H,6-7,11H2/t9-/m0/s1. The Balaban J connectivity index is 2.55. The summed E-state index contributed by atoms with van der Waals surface area (Å²) in [7, 11) is 0. The molecule has 2 nitrogen and oxygen atoms in total. The summed E-state index contributed by atoms with van der Waals surface area (Å²) in [5.74, 6) is 0.209. The molecule has 1 rings (SSSR count). The highest BCUT2D eigenvalue weighted by molar-refractivity contribution is 7.81. The number of carbonyl (C=O) groups is 1. The summed E-state index contributed by atoms with van der Waals surface area (Å²) in [5.41, 5.74) is 6.75. The first-order chi connectivity index (χ1) is 6.24. The molecule has 0 aromatic heterocycles. The molecule has 13 heavy (non-hydrogen) atoms. The van der Waals surface area contributed by atoms with E-state index in [0.717, 1.165) is 5.56 Å². The molecule has 0 radical (unpaired) electrons. The van der Waals surface area contributed by atoms with E-state index in [1.54, 1.807) is 0 Å². The third-order valence-corrected chi connectivity index (χ3v) is 2.18. The van der Waals surface area contributed by atoms with Gasteiger partial charge in [0.25, 0.3) is 0 Å². The Bertz CT molecular complexity index is 274. The fourth-order valence-corrected chi connectivity index (χ4v) is 1.33. The molecule has 0 heterocycles. The van der Waals surface area contributed by atoms with Crippen molar-refractivity contribution >= 4 is 18.4 Å². The summed E-state index contributed by atoms with van der Waals surface area (Å²) < 4.78 is 0. The topological polar surface area (TPSA) is 43.1 Å². The zero-order valence-corrected chi connectivity index (χ0v) is 8.21. The zero-order chi connectivity index (χ0) is 9.68. The van der Waals surface area contributed by atoms with Crippen LogP contribution in [0, 0.1) is 0 Å². The van der Waals surface area contributed by atoms with Crippen molar-refractivity contribution in [1.29, 1.82) is 0 Å². The molecule has 1 atom stereocenters. The van der Waals surface area contributed by atoms with Gasteiger partial charge in [0.1, 0.15) is 0 Å². The van der Waals surface area contributed by atoms with Crippen LogP contribution in [0.15, 0.2) is 30.3 Å². The number of carbonyl (C=O) groups excluding carboxylic acids is 1. The first kappa shape index (κ1) is 10.3. The highest BCUT2D eigenvalue weighted by atomic mass is 32.1. The highest BCUT2D eigenvalue weighted by Gasteiger charge is 2.11. The molecule has 1 aromatic rings. The number of hydrogen-bond donors (Lipinski definition) is 2. The average molecular weight is 195 g/mol. The van der Waals surface area contributed by atoms with E-state index in [4.69, 9.17) is 5.73 Å². The Kier molecular flexibility index (Phi) is 3.99.